The average molecular weight is 247 g/mol. The summed E-state index contributed by atoms with van der Waals surface area (Å²) < 4.78 is 5.33. The Morgan fingerprint density at radius 2 is 2.17 bits per heavy atom. The van der Waals surface area contributed by atoms with Gasteiger partial charge < -0.3 is 10.1 Å². The Balaban J connectivity index is 2.05. The number of rotatable bonds is 5. The Bertz CT molecular complexity index is 377. The summed E-state index contributed by atoms with van der Waals surface area (Å²) in [7, 11) is 1.74. The fourth-order valence-corrected chi connectivity index (χ4v) is 3.13. The van der Waals surface area contributed by atoms with Crippen molar-refractivity contribution in [3.63, 3.8) is 0 Å². The molecule has 0 saturated heterocycles. The van der Waals surface area contributed by atoms with E-state index in [1.165, 1.54) is 24.8 Å². The first-order chi connectivity index (χ1) is 8.76. The minimum Gasteiger partial charge on any atom is -0.497 e. The highest BCUT2D eigenvalue weighted by Gasteiger charge is 2.33. The molecule has 3 unspecified atom stereocenters. The Morgan fingerprint density at radius 1 is 1.33 bits per heavy atom. The van der Waals surface area contributed by atoms with Crippen molar-refractivity contribution in [2.45, 2.75) is 45.1 Å². The van der Waals surface area contributed by atoms with Gasteiger partial charge in [-0.2, -0.15) is 0 Å². The van der Waals surface area contributed by atoms with E-state index < -0.39 is 0 Å². The molecule has 3 atom stereocenters. The first-order valence-corrected chi connectivity index (χ1v) is 7.13. The van der Waals surface area contributed by atoms with E-state index in [0.29, 0.717) is 17.9 Å². The van der Waals surface area contributed by atoms with Crippen LogP contribution < -0.4 is 10.1 Å². The minimum atomic E-state index is 0.675. The van der Waals surface area contributed by atoms with Crippen LogP contribution >= 0.6 is 0 Å². The van der Waals surface area contributed by atoms with Gasteiger partial charge in [-0.25, -0.2) is 0 Å². The van der Waals surface area contributed by atoms with Gasteiger partial charge in [0.25, 0.3) is 0 Å². The summed E-state index contributed by atoms with van der Waals surface area (Å²) >= 11 is 0. The van der Waals surface area contributed by atoms with Crippen LogP contribution in [-0.2, 0) is 0 Å². The molecule has 1 N–H and O–H groups in total. The van der Waals surface area contributed by atoms with E-state index >= 15 is 0 Å². The number of hydrogen-bond acceptors (Lipinski definition) is 2. The van der Waals surface area contributed by atoms with Crippen molar-refractivity contribution in [3.05, 3.63) is 29.8 Å². The third kappa shape index (κ3) is 2.86. The van der Waals surface area contributed by atoms with Gasteiger partial charge >= 0.3 is 0 Å². The number of ether oxygens (including phenoxy) is 1. The number of benzene rings is 1. The van der Waals surface area contributed by atoms with E-state index in [4.69, 9.17) is 4.74 Å². The van der Waals surface area contributed by atoms with Crippen LogP contribution in [-0.4, -0.2) is 19.7 Å². The molecule has 0 amide bonds. The lowest BCUT2D eigenvalue weighted by Crippen LogP contribution is -2.32. The minimum absolute atomic E-state index is 0.675. The Kier molecular flexibility index (Phi) is 4.65. The first-order valence-electron chi connectivity index (χ1n) is 7.13. The van der Waals surface area contributed by atoms with Crippen LogP contribution in [0.1, 0.15) is 44.6 Å². The van der Waals surface area contributed by atoms with E-state index in [2.05, 4.69) is 37.4 Å². The second-order valence-corrected chi connectivity index (χ2v) is 5.38. The number of methoxy groups -OCH3 is 1. The molecule has 1 saturated carbocycles. The van der Waals surface area contributed by atoms with Gasteiger partial charge in [-0.3, -0.25) is 0 Å². The molecule has 0 radical (unpaired) electrons. The fourth-order valence-electron chi connectivity index (χ4n) is 3.13. The second kappa shape index (κ2) is 6.24. The summed E-state index contributed by atoms with van der Waals surface area (Å²) in [6.45, 7) is 5.75. The van der Waals surface area contributed by atoms with Crippen LogP contribution in [0, 0.1) is 5.92 Å². The molecule has 1 fully saturated rings. The summed E-state index contributed by atoms with van der Waals surface area (Å²) in [5.74, 6) is 2.36. The quantitative estimate of drug-likeness (QED) is 0.858. The molecule has 18 heavy (non-hydrogen) atoms. The predicted octanol–water partition coefficient (Wildman–Crippen LogP) is 3.58. The zero-order chi connectivity index (χ0) is 13.0. The van der Waals surface area contributed by atoms with E-state index in [1.54, 1.807) is 7.11 Å². The highest BCUT2D eigenvalue weighted by Crippen LogP contribution is 2.40. The SMILES string of the molecule is CCCNC1CCC(c2cccc(OC)c2)C1C. The molecular weight excluding hydrogens is 222 g/mol. The summed E-state index contributed by atoms with van der Waals surface area (Å²) in [4.78, 5) is 0. The molecule has 0 aliphatic heterocycles. The molecule has 0 heterocycles. The lowest BCUT2D eigenvalue weighted by Gasteiger charge is -2.22. The predicted molar refractivity (Wildman–Crippen MR) is 76.2 cm³/mol. The molecule has 1 aromatic carbocycles. The standard InChI is InChI=1S/C16H25NO/c1-4-10-17-16-9-8-15(12(16)2)13-6-5-7-14(11-13)18-3/h5-7,11-12,15-17H,4,8-10H2,1-3H3. The molecular formula is C16H25NO. The maximum atomic E-state index is 5.33. The third-order valence-corrected chi connectivity index (χ3v) is 4.24. The largest absolute Gasteiger partial charge is 0.497 e. The summed E-state index contributed by atoms with van der Waals surface area (Å²) in [6, 6.07) is 9.25. The topological polar surface area (TPSA) is 21.3 Å². The highest BCUT2D eigenvalue weighted by molar-refractivity contribution is 5.32. The van der Waals surface area contributed by atoms with E-state index in [-0.39, 0.29) is 0 Å². The van der Waals surface area contributed by atoms with Crippen molar-refractivity contribution in [1.82, 2.24) is 5.32 Å². The Morgan fingerprint density at radius 3 is 2.89 bits per heavy atom. The van der Waals surface area contributed by atoms with Gasteiger partial charge in [-0.15, -0.1) is 0 Å². The second-order valence-electron chi connectivity index (χ2n) is 5.38. The first kappa shape index (κ1) is 13.4. The summed E-state index contributed by atoms with van der Waals surface area (Å²) in [6.07, 6.45) is 3.80. The molecule has 2 rings (SSSR count). The molecule has 100 valence electrons. The van der Waals surface area contributed by atoms with E-state index in [0.717, 1.165) is 12.3 Å². The monoisotopic (exact) mass is 247 g/mol. The van der Waals surface area contributed by atoms with Gasteiger partial charge in [0, 0.05) is 6.04 Å². The van der Waals surface area contributed by atoms with Crippen LogP contribution in [0.3, 0.4) is 0 Å². The van der Waals surface area contributed by atoms with Crippen molar-refractivity contribution in [1.29, 1.82) is 0 Å². The molecule has 1 aliphatic carbocycles. The van der Waals surface area contributed by atoms with E-state index in [1.807, 2.05) is 6.07 Å². The van der Waals surface area contributed by atoms with Crippen molar-refractivity contribution < 1.29 is 4.74 Å². The van der Waals surface area contributed by atoms with Crippen LogP contribution in [0.4, 0.5) is 0 Å². The third-order valence-electron chi connectivity index (χ3n) is 4.24. The van der Waals surface area contributed by atoms with Gasteiger partial charge in [0.05, 0.1) is 7.11 Å². The van der Waals surface area contributed by atoms with Crippen molar-refractivity contribution >= 4 is 0 Å². The molecule has 2 heteroatoms. The smallest absolute Gasteiger partial charge is 0.119 e. The zero-order valence-electron chi connectivity index (χ0n) is 11.8. The van der Waals surface area contributed by atoms with Gasteiger partial charge in [0.1, 0.15) is 5.75 Å². The fraction of sp³-hybridized carbons (Fsp3) is 0.625. The van der Waals surface area contributed by atoms with Crippen LogP contribution in [0.25, 0.3) is 0 Å². The van der Waals surface area contributed by atoms with Gasteiger partial charge in [-0.1, -0.05) is 26.0 Å². The lowest BCUT2D eigenvalue weighted by atomic mass is 9.89. The summed E-state index contributed by atoms with van der Waals surface area (Å²) in [5.41, 5.74) is 1.43. The van der Waals surface area contributed by atoms with Crippen molar-refractivity contribution in [2.75, 3.05) is 13.7 Å². The number of hydrogen-bond donors (Lipinski definition) is 1. The summed E-state index contributed by atoms with van der Waals surface area (Å²) in [5, 5.41) is 3.68. The van der Waals surface area contributed by atoms with Crippen LogP contribution in [0.15, 0.2) is 24.3 Å². The molecule has 0 aromatic heterocycles. The van der Waals surface area contributed by atoms with Gasteiger partial charge in [0.2, 0.25) is 0 Å². The molecule has 2 nitrogen and oxygen atoms in total. The van der Waals surface area contributed by atoms with Crippen molar-refractivity contribution in [2.24, 2.45) is 5.92 Å². The molecule has 0 spiro atoms. The maximum Gasteiger partial charge on any atom is 0.119 e. The van der Waals surface area contributed by atoms with Gasteiger partial charge in [-0.05, 0) is 55.3 Å². The normalized spacial score (nSPS) is 27.4. The Hall–Kier alpha value is -1.02. The highest BCUT2D eigenvalue weighted by atomic mass is 16.5. The van der Waals surface area contributed by atoms with Crippen LogP contribution in [0.2, 0.25) is 0 Å². The number of nitrogens with one attached hydrogen (secondary N) is 1. The molecule has 1 aliphatic rings. The van der Waals surface area contributed by atoms with Crippen molar-refractivity contribution in [3.8, 4) is 5.75 Å². The maximum absolute atomic E-state index is 5.33. The van der Waals surface area contributed by atoms with E-state index in [9.17, 15) is 0 Å². The molecule has 0 bridgehead atoms. The average Bonchev–Trinajstić information content (AvgIpc) is 2.78. The molecule has 1 aromatic rings. The zero-order valence-corrected chi connectivity index (χ0v) is 11.8. The Labute approximate surface area is 111 Å². The van der Waals surface area contributed by atoms with Crippen LogP contribution in [0.5, 0.6) is 5.75 Å². The lowest BCUT2D eigenvalue weighted by molar-refractivity contribution is 0.399. The van der Waals surface area contributed by atoms with Gasteiger partial charge in [0.15, 0.2) is 0 Å².